The van der Waals surface area contributed by atoms with Gasteiger partial charge in [0.1, 0.15) is 5.82 Å². The van der Waals surface area contributed by atoms with Crippen LogP contribution in [-0.2, 0) is 11.2 Å². The largest absolute Gasteiger partial charge is 0.384 e. The molecule has 0 spiro atoms. The van der Waals surface area contributed by atoms with Gasteiger partial charge in [0.2, 0.25) is 0 Å². The number of fused-ring (bicyclic) bond motifs is 1. The molecule has 4 nitrogen and oxygen atoms in total. The Kier molecular flexibility index (Phi) is 3.79. The number of hydrogen-bond donors (Lipinski definition) is 1. The molecule has 1 heterocycles. The topological polar surface area (TPSA) is 55.0 Å². The van der Waals surface area contributed by atoms with Gasteiger partial charge in [-0.3, -0.25) is 4.79 Å². The van der Waals surface area contributed by atoms with Crippen LogP contribution in [0.2, 0.25) is 0 Å². The summed E-state index contributed by atoms with van der Waals surface area (Å²) in [7, 11) is 1.67. The molecule has 3 aromatic rings. The van der Waals surface area contributed by atoms with Crippen LogP contribution in [-0.4, -0.2) is 29.5 Å². The summed E-state index contributed by atoms with van der Waals surface area (Å²) in [6.45, 7) is 0.621. The molecule has 0 fully saturated rings. The zero-order chi connectivity index (χ0) is 14.7. The summed E-state index contributed by atoms with van der Waals surface area (Å²) < 4.78 is 5.05. The highest BCUT2D eigenvalue weighted by atomic mass is 16.5. The molecular formula is C17H16N2O2. The van der Waals surface area contributed by atoms with E-state index in [1.54, 1.807) is 7.11 Å². The molecule has 0 radical (unpaired) electrons. The lowest BCUT2D eigenvalue weighted by Gasteiger charge is -2.00. The maximum absolute atomic E-state index is 12.4. The molecule has 106 valence electrons. The molecule has 1 N–H and O–H groups in total. The SMILES string of the molecule is COCCc1nc2ccc(C(=O)c3ccccc3)cc2[nH]1. The maximum Gasteiger partial charge on any atom is 0.193 e. The van der Waals surface area contributed by atoms with E-state index in [4.69, 9.17) is 4.74 Å². The van der Waals surface area contributed by atoms with Gasteiger partial charge in [-0.25, -0.2) is 4.98 Å². The van der Waals surface area contributed by atoms with Gasteiger partial charge in [-0.05, 0) is 18.2 Å². The molecule has 4 heteroatoms. The van der Waals surface area contributed by atoms with Crippen molar-refractivity contribution in [1.82, 2.24) is 9.97 Å². The predicted molar refractivity (Wildman–Crippen MR) is 81.5 cm³/mol. The van der Waals surface area contributed by atoms with Gasteiger partial charge in [0.05, 0.1) is 17.6 Å². The van der Waals surface area contributed by atoms with E-state index in [1.165, 1.54) is 0 Å². The number of benzene rings is 2. The third-order valence-electron chi connectivity index (χ3n) is 3.37. The number of nitrogens with one attached hydrogen (secondary N) is 1. The first kappa shape index (κ1) is 13.5. The van der Waals surface area contributed by atoms with Crippen molar-refractivity contribution in [3.63, 3.8) is 0 Å². The number of ketones is 1. The summed E-state index contributed by atoms with van der Waals surface area (Å²) >= 11 is 0. The van der Waals surface area contributed by atoms with Crippen LogP contribution in [0.25, 0.3) is 11.0 Å². The predicted octanol–water partition coefficient (Wildman–Crippen LogP) is 2.98. The first-order valence-electron chi connectivity index (χ1n) is 6.85. The third kappa shape index (κ3) is 2.85. The van der Waals surface area contributed by atoms with E-state index in [1.807, 2.05) is 48.5 Å². The minimum Gasteiger partial charge on any atom is -0.384 e. The van der Waals surface area contributed by atoms with Crippen molar-refractivity contribution < 1.29 is 9.53 Å². The number of aromatic amines is 1. The Hall–Kier alpha value is -2.46. The van der Waals surface area contributed by atoms with E-state index >= 15 is 0 Å². The van der Waals surface area contributed by atoms with Crippen molar-refractivity contribution in [3.8, 4) is 0 Å². The zero-order valence-corrected chi connectivity index (χ0v) is 11.8. The molecule has 21 heavy (non-hydrogen) atoms. The fourth-order valence-corrected chi connectivity index (χ4v) is 2.28. The Balaban J connectivity index is 1.92. The lowest BCUT2D eigenvalue weighted by Crippen LogP contribution is -2.00. The van der Waals surface area contributed by atoms with Crippen molar-refractivity contribution in [1.29, 1.82) is 0 Å². The molecule has 2 aromatic carbocycles. The maximum atomic E-state index is 12.4. The first-order chi connectivity index (χ1) is 10.3. The van der Waals surface area contributed by atoms with Crippen LogP contribution in [0.1, 0.15) is 21.7 Å². The van der Waals surface area contributed by atoms with E-state index in [0.717, 1.165) is 23.3 Å². The van der Waals surface area contributed by atoms with Crippen LogP contribution in [0.15, 0.2) is 48.5 Å². The van der Waals surface area contributed by atoms with Gasteiger partial charge in [0, 0.05) is 24.7 Å². The molecule has 3 rings (SSSR count). The minimum absolute atomic E-state index is 0.0190. The Bertz CT molecular complexity index is 763. The van der Waals surface area contributed by atoms with Crippen molar-refractivity contribution in [2.24, 2.45) is 0 Å². The normalized spacial score (nSPS) is 10.9. The summed E-state index contributed by atoms with van der Waals surface area (Å²) in [5.74, 6) is 0.890. The number of nitrogens with zero attached hydrogens (tertiary/aromatic N) is 1. The number of imidazole rings is 1. The summed E-state index contributed by atoms with van der Waals surface area (Å²) in [4.78, 5) is 20.1. The van der Waals surface area contributed by atoms with Crippen LogP contribution < -0.4 is 0 Å². The van der Waals surface area contributed by atoms with Crippen molar-refractivity contribution in [2.75, 3.05) is 13.7 Å². The second-order valence-electron chi connectivity index (χ2n) is 4.85. The highest BCUT2D eigenvalue weighted by Crippen LogP contribution is 2.17. The summed E-state index contributed by atoms with van der Waals surface area (Å²) in [6, 6.07) is 14.8. The first-order valence-corrected chi connectivity index (χ1v) is 6.85. The number of methoxy groups -OCH3 is 1. The van der Waals surface area contributed by atoms with Gasteiger partial charge in [-0.2, -0.15) is 0 Å². The molecular weight excluding hydrogens is 264 g/mol. The number of carbonyl (C=O) groups excluding carboxylic acids is 1. The van der Waals surface area contributed by atoms with Gasteiger partial charge in [-0.1, -0.05) is 30.3 Å². The van der Waals surface area contributed by atoms with E-state index in [-0.39, 0.29) is 5.78 Å². The third-order valence-corrected chi connectivity index (χ3v) is 3.37. The second kappa shape index (κ2) is 5.89. The van der Waals surface area contributed by atoms with Crippen molar-refractivity contribution >= 4 is 16.8 Å². The Morgan fingerprint density at radius 3 is 2.71 bits per heavy atom. The second-order valence-corrected chi connectivity index (χ2v) is 4.85. The number of aromatic nitrogens is 2. The molecule has 0 unspecified atom stereocenters. The molecule has 1 aromatic heterocycles. The smallest absolute Gasteiger partial charge is 0.193 e. The Morgan fingerprint density at radius 2 is 1.95 bits per heavy atom. The van der Waals surface area contributed by atoms with Crippen LogP contribution in [0.5, 0.6) is 0 Å². The van der Waals surface area contributed by atoms with Gasteiger partial charge >= 0.3 is 0 Å². The van der Waals surface area contributed by atoms with Gasteiger partial charge < -0.3 is 9.72 Å². The molecule has 0 aliphatic carbocycles. The monoisotopic (exact) mass is 280 g/mol. The highest BCUT2D eigenvalue weighted by Gasteiger charge is 2.10. The number of carbonyl (C=O) groups is 1. The van der Waals surface area contributed by atoms with Crippen molar-refractivity contribution in [2.45, 2.75) is 6.42 Å². The summed E-state index contributed by atoms with van der Waals surface area (Å²) in [5, 5.41) is 0. The number of hydrogen-bond acceptors (Lipinski definition) is 3. The fourth-order valence-electron chi connectivity index (χ4n) is 2.28. The fraction of sp³-hybridized carbons (Fsp3) is 0.176. The van der Waals surface area contributed by atoms with Gasteiger partial charge in [0.15, 0.2) is 5.78 Å². The molecule has 0 aliphatic rings. The van der Waals surface area contributed by atoms with E-state index in [2.05, 4.69) is 9.97 Å². The number of rotatable bonds is 5. The number of H-pyrrole nitrogens is 1. The molecule has 0 aliphatic heterocycles. The lowest BCUT2D eigenvalue weighted by molar-refractivity contribution is 0.103. The average molecular weight is 280 g/mol. The molecule has 0 amide bonds. The van der Waals surface area contributed by atoms with Crippen LogP contribution >= 0.6 is 0 Å². The van der Waals surface area contributed by atoms with Gasteiger partial charge in [-0.15, -0.1) is 0 Å². The Morgan fingerprint density at radius 1 is 1.14 bits per heavy atom. The van der Waals surface area contributed by atoms with Gasteiger partial charge in [0.25, 0.3) is 0 Å². The number of ether oxygens (including phenoxy) is 1. The highest BCUT2D eigenvalue weighted by molar-refractivity contribution is 6.10. The van der Waals surface area contributed by atoms with E-state index in [0.29, 0.717) is 17.7 Å². The minimum atomic E-state index is 0.0190. The Labute approximate surface area is 122 Å². The molecule has 0 atom stereocenters. The quantitative estimate of drug-likeness (QED) is 0.731. The van der Waals surface area contributed by atoms with Crippen LogP contribution in [0.4, 0.5) is 0 Å². The van der Waals surface area contributed by atoms with Crippen LogP contribution in [0, 0.1) is 0 Å². The van der Waals surface area contributed by atoms with E-state index in [9.17, 15) is 4.79 Å². The average Bonchev–Trinajstić information content (AvgIpc) is 2.95. The van der Waals surface area contributed by atoms with Crippen molar-refractivity contribution in [3.05, 3.63) is 65.5 Å². The van der Waals surface area contributed by atoms with E-state index < -0.39 is 0 Å². The van der Waals surface area contributed by atoms with Crippen LogP contribution in [0.3, 0.4) is 0 Å². The molecule has 0 saturated heterocycles. The zero-order valence-electron chi connectivity index (χ0n) is 11.8. The lowest BCUT2D eigenvalue weighted by atomic mass is 10.0. The standard InChI is InChI=1S/C17H16N2O2/c1-21-10-9-16-18-14-8-7-13(11-15(14)19-16)17(20)12-5-3-2-4-6-12/h2-8,11H,9-10H2,1H3,(H,18,19). The summed E-state index contributed by atoms with van der Waals surface area (Å²) in [5.41, 5.74) is 3.10. The molecule has 0 bridgehead atoms. The molecule has 0 saturated carbocycles. The summed E-state index contributed by atoms with van der Waals surface area (Å²) in [6.07, 6.45) is 0.729.